The lowest BCUT2D eigenvalue weighted by Gasteiger charge is -2.11. The quantitative estimate of drug-likeness (QED) is 0.708. The first-order valence-corrected chi connectivity index (χ1v) is 5.73. The third-order valence-corrected chi connectivity index (χ3v) is 2.95. The van der Waals surface area contributed by atoms with Gasteiger partial charge in [-0.05, 0) is 30.0 Å². The third kappa shape index (κ3) is 2.69. The number of nitrogens with zero attached hydrogens (tertiary/aromatic N) is 3. The van der Waals surface area contributed by atoms with Gasteiger partial charge in [0.15, 0.2) is 0 Å². The van der Waals surface area contributed by atoms with E-state index in [9.17, 15) is 14.4 Å². The van der Waals surface area contributed by atoms with Gasteiger partial charge in [-0.15, -0.1) is 0 Å². The Labute approximate surface area is 108 Å². The number of aromatic nitrogens is 2. The fourth-order valence-corrected chi connectivity index (χ4v) is 1.87. The molecule has 0 saturated heterocycles. The minimum atomic E-state index is -0.730. The summed E-state index contributed by atoms with van der Waals surface area (Å²) in [5.41, 5.74) is -1.27. The maximum atomic E-state index is 11.7. The Kier molecular flexibility index (Phi) is 4.22. The lowest BCUT2D eigenvalue weighted by molar-refractivity contribution is 0.0866. The van der Waals surface area contributed by atoms with Crippen molar-refractivity contribution in [3.63, 3.8) is 0 Å². The predicted octanol–water partition coefficient (Wildman–Crippen LogP) is 0.132. The van der Waals surface area contributed by atoms with Gasteiger partial charge in [0, 0.05) is 6.07 Å². The topological polar surface area (TPSA) is 64.3 Å². The van der Waals surface area contributed by atoms with Gasteiger partial charge in [-0.1, -0.05) is 0 Å². The molecule has 0 saturated carbocycles. The average molecular weight is 355 g/mol. The van der Waals surface area contributed by atoms with Crippen LogP contribution in [-0.2, 0) is 0 Å². The molecule has 1 rings (SSSR count). The molecule has 16 heavy (non-hydrogen) atoms. The molecule has 0 aliphatic carbocycles. The van der Waals surface area contributed by atoms with E-state index in [0.717, 1.165) is 10.6 Å². The van der Waals surface area contributed by atoms with E-state index < -0.39 is 17.2 Å². The molecule has 0 bridgehead atoms. The Hall–Kier alpha value is -0.730. The van der Waals surface area contributed by atoms with Crippen molar-refractivity contribution in [2.24, 2.45) is 0 Å². The SMILES string of the molecule is CN(C)CC(=O)n1c(Br)cc(=O)n(Br)c1=O. The van der Waals surface area contributed by atoms with Crippen molar-refractivity contribution in [2.45, 2.75) is 0 Å². The zero-order valence-corrected chi connectivity index (χ0v) is 11.8. The van der Waals surface area contributed by atoms with Crippen molar-refractivity contribution in [3.8, 4) is 0 Å². The Morgan fingerprint density at radius 2 is 2.00 bits per heavy atom. The van der Waals surface area contributed by atoms with Crippen LogP contribution in [0.15, 0.2) is 20.3 Å². The summed E-state index contributed by atoms with van der Waals surface area (Å²) in [6.45, 7) is 0.0731. The number of halogens is 2. The highest BCUT2D eigenvalue weighted by molar-refractivity contribution is 9.10. The van der Waals surface area contributed by atoms with E-state index in [1.165, 1.54) is 0 Å². The molecule has 0 fully saturated rings. The minimum Gasteiger partial charge on any atom is -0.301 e. The summed E-state index contributed by atoms with van der Waals surface area (Å²) in [6.07, 6.45) is 0. The van der Waals surface area contributed by atoms with E-state index in [4.69, 9.17) is 0 Å². The van der Waals surface area contributed by atoms with Gasteiger partial charge in [0.1, 0.15) is 4.60 Å². The number of carbonyl (C=O) groups is 1. The molecular weight excluding hydrogens is 346 g/mol. The molecular formula is C8H9Br2N3O3. The molecule has 0 aromatic carbocycles. The molecule has 0 N–H and O–H groups in total. The lowest BCUT2D eigenvalue weighted by atomic mass is 10.5. The van der Waals surface area contributed by atoms with Gasteiger partial charge in [0.2, 0.25) is 5.91 Å². The number of hydrogen-bond acceptors (Lipinski definition) is 4. The first kappa shape index (κ1) is 13.3. The summed E-state index contributed by atoms with van der Waals surface area (Å²) < 4.78 is 1.73. The second kappa shape index (κ2) is 5.07. The van der Waals surface area contributed by atoms with Crippen LogP contribution in [0, 0.1) is 0 Å². The summed E-state index contributed by atoms with van der Waals surface area (Å²) in [5.74, 6) is -0.421. The van der Waals surface area contributed by atoms with Gasteiger partial charge in [0.25, 0.3) is 5.56 Å². The van der Waals surface area contributed by atoms with Crippen molar-refractivity contribution < 1.29 is 4.79 Å². The van der Waals surface area contributed by atoms with E-state index in [0.29, 0.717) is 3.59 Å². The Balaban J connectivity index is 3.35. The number of hydrogen-bond donors (Lipinski definition) is 0. The summed E-state index contributed by atoms with van der Waals surface area (Å²) in [4.78, 5) is 36.2. The third-order valence-electron chi connectivity index (χ3n) is 1.71. The largest absolute Gasteiger partial charge is 0.349 e. The molecule has 88 valence electrons. The van der Waals surface area contributed by atoms with Gasteiger partial charge < -0.3 is 4.90 Å². The van der Waals surface area contributed by atoms with Crippen LogP contribution in [-0.4, -0.2) is 39.6 Å². The number of carbonyl (C=O) groups excluding carboxylic acids is 1. The van der Waals surface area contributed by atoms with Crippen molar-refractivity contribution in [3.05, 3.63) is 31.5 Å². The van der Waals surface area contributed by atoms with Crippen molar-refractivity contribution in [1.29, 1.82) is 0 Å². The molecule has 0 aliphatic heterocycles. The summed E-state index contributed by atoms with van der Waals surface area (Å²) in [6, 6.07) is 1.14. The molecule has 0 radical (unpaired) electrons. The average Bonchev–Trinajstić information content (AvgIpc) is 2.13. The maximum absolute atomic E-state index is 11.7. The van der Waals surface area contributed by atoms with Crippen LogP contribution in [0.2, 0.25) is 0 Å². The second-order valence-corrected chi connectivity index (χ2v) is 4.86. The van der Waals surface area contributed by atoms with Crippen molar-refractivity contribution in [2.75, 3.05) is 20.6 Å². The van der Waals surface area contributed by atoms with Crippen LogP contribution in [0.3, 0.4) is 0 Å². The van der Waals surface area contributed by atoms with Crippen LogP contribution < -0.4 is 11.2 Å². The molecule has 1 aromatic rings. The monoisotopic (exact) mass is 353 g/mol. The van der Waals surface area contributed by atoms with E-state index in [2.05, 4.69) is 32.1 Å². The van der Waals surface area contributed by atoms with E-state index in [1.54, 1.807) is 19.0 Å². The van der Waals surface area contributed by atoms with Crippen LogP contribution in [0.25, 0.3) is 0 Å². The smallest absolute Gasteiger partial charge is 0.301 e. The first-order valence-electron chi connectivity index (χ1n) is 4.23. The van der Waals surface area contributed by atoms with Crippen molar-refractivity contribution in [1.82, 2.24) is 13.1 Å². The van der Waals surface area contributed by atoms with Gasteiger partial charge in [-0.3, -0.25) is 9.59 Å². The highest BCUT2D eigenvalue weighted by Gasteiger charge is 2.15. The predicted molar refractivity (Wildman–Crippen MR) is 66.2 cm³/mol. The maximum Gasteiger partial charge on any atom is 0.349 e. The highest BCUT2D eigenvalue weighted by Crippen LogP contribution is 2.04. The molecule has 0 spiro atoms. The molecule has 6 nitrogen and oxygen atoms in total. The van der Waals surface area contributed by atoms with E-state index in [-0.39, 0.29) is 11.1 Å². The highest BCUT2D eigenvalue weighted by atomic mass is 79.9. The Morgan fingerprint density at radius 3 is 2.50 bits per heavy atom. The zero-order valence-electron chi connectivity index (χ0n) is 8.61. The molecule has 0 atom stereocenters. The summed E-state index contributed by atoms with van der Waals surface area (Å²) in [5, 5.41) is 0. The first-order chi connectivity index (χ1) is 7.34. The Morgan fingerprint density at radius 1 is 1.44 bits per heavy atom. The molecule has 0 amide bonds. The van der Waals surface area contributed by atoms with Crippen LogP contribution in [0.4, 0.5) is 0 Å². The van der Waals surface area contributed by atoms with Crippen molar-refractivity contribution >= 4 is 38.0 Å². The summed E-state index contributed by atoms with van der Waals surface area (Å²) >= 11 is 5.79. The number of likely N-dealkylation sites (N-methyl/N-ethyl adjacent to an activating group) is 1. The van der Waals surface area contributed by atoms with Gasteiger partial charge in [-0.2, -0.15) is 3.59 Å². The second-order valence-electron chi connectivity index (χ2n) is 3.34. The fourth-order valence-electron chi connectivity index (χ4n) is 1.06. The lowest BCUT2D eigenvalue weighted by Crippen LogP contribution is -2.41. The van der Waals surface area contributed by atoms with E-state index >= 15 is 0 Å². The summed E-state index contributed by atoms with van der Waals surface area (Å²) in [7, 11) is 3.42. The molecule has 0 unspecified atom stereocenters. The molecule has 1 aromatic heterocycles. The fraction of sp³-hybridized carbons (Fsp3) is 0.375. The van der Waals surface area contributed by atoms with Gasteiger partial charge in [-0.25, -0.2) is 9.36 Å². The van der Waals surface area contributed by atoms with Crippen LogP contribution in [0.5, 0.6) is 0 Å². The van der Waals surface area contributed by atoms with Crippen LogP contribution in [0.1, 0.15) is 4.79 Å². The molecule has 0 aliphatic rings. The van der Waals surface area contributed by atoms with Gasteiger partial charge in [0.05, 0.1) is 22.7 Å². The Bertz CT molecular complexity index is 532. The van der Waals surface area contributed by atoms with Gasteiger partial charge >= 0.3 is 5.69 Å². The molecule has 8 heteroatoms. The van der Waals surface area contributed by atoms with E-state index in [1.807, 2.05) is 0 Å². The zero-order chi connectivity index (χ0) is 12.5. The number of rotatable bonds is 2. The van der Waals surface area contributed by atoms with Crippen LogP contribution >= 0.6 is 32.1 Å². The normalized spacial score (nSPS) is 10.8. The molecule has 1 heterocycles. The minimum absolute atomic E-state index is 0.0731. The standard InChI is InChI=1S/C8H9Br2N3O3/c1-11(2)4-7(15)12-5(9)3-6(14)13(10)8(12)16/h3H,4H2,1-2H3.